The molecule has 0 saturated heterocycles. The maximum atomic E-state index is 11.0. The second kappa shape index (κ2) is 2.63. The van der Waals surface area contributed by atoms with Crippen molar-refractivity contribution in [1.29, 1.82) is 0 Å². The van der Waals surface area contributed by atoms with Gasteiger partial charge in [-0.05, 0) is 13.0 Å². The molecule has 2 unspecified atom stereocenters. The summed E-state index contributed by atoms with van der Waals surface area (Å²) in [6.07, 6.45) is 9.74. The van der Waals surface area contributed by atoms with Crippen LogP contribution < -0.4 is 5.32 Å². The second-order valence-corrected chi connectivity index (χ2v) is 3.22. The van der Waals surface area contributed by atoms with Crippen molar-refractivity contribution in [2.24, 2.45) is 5.92 Å². The van der Waals surface area contributed by atoms with Gasteiger partial charge in [0.2, 0.25) is 5.91 Å². The van der Waals surface area contributed by atoms with Gasteiger partial charge >= 0.3 is 0 Å². The number of amides is 1. The van der Waals surface area contributed by atoms with Crippen molar-refractivity contribution in [3.8, 4) is 0 Å². The standard InChI is InChI=1S/C10H11NO/c1-7-3-2-4-8-5-6-9(12)11-10(7)8/h2-6,8,10H,1H3,(H,11,12). The number of hydrogen-bond acceptors (Lipinski definition) is 1. The Labute approximate surface area is 71.7 Å². The van der Waals surface area contributed by atoms with E-state index in [0.29, 0.717) is 5.92 Å². The van der Waals surface area contributed by atoms with Crippen molar-refractivity contribution in [3.05, 3.63) is 36.0 Å². The fourth-order valence-corrected chi connectivity index (χ4v) is 1.64. The second-order valence-electron chi connectivity index (χ2n) is 3.22. The van der Waals surface area contributed by atoms with Crippen molar-refractivity contribution in [2.45, 2.75) is 13.0 Å². The van der Waals surface area contributed by atoms with Gasteiger partial charge in [-0.1, -0.05) is 29.9 Å². The molecule has 2 nitrogen and oxygen atoms in total. The molecule has 1 amide bonds. The molecule has 1 N–H and O–H groups in total. The number of hydrogen-bond donors (Lipinski definition) is 1. The third-order valence-electron chi connectivity index (χ3n) is 2.34. The number of rotatable bonds is 0. The summed E-state index contributed by atoms with van der Waals surface area (Å²) >= 11 is 0. The maximum absolute atomic E-state index is 11.0. The van der Waals surface area contributed by atoms with Crippen LogP contribution in [0, 0.1) is 5.92 Å². The predicted molar refractivity (Wildman–Crippen MR) is 47.5 cm³/mol. The van der Waals surface area contributed by atoms with E-state index in [1.165, 1.54) is 5.57 Å². The molecular weight excluding hydrogens is 150 g/mol. The molecule has 2 aliphatic rings. The molecule has 0 fully saturated rings. The first-order chi connectivity index (χ1) is 5.77. The first kappa shape index (κ1) is 7.35. The lowest BCUT2D eigenvalue weighted by molar-refractivity contribution is -0.117. The first-order valence-electron chi connectivity index (χ1n) is 4.11. The van der Waals surface area contributed by atoms with E-state index in [-0.39, 0.29) is 11.9 Å². The predicted octanol–water partition coefficient (Wildman–Crippen LogP) is 1.17. The Morgan fingerprint density at radius 3 is 3.08 bits per heavy atom. The Morgan fingerprint density at radius 1 is 1.42 bits per heavy atom. The third-order valence-corrected chi connectivity index (χ3v) is 2.34. The average Bonchev–Trinajstić information content (AvgIpc) is 2.07. The van der Waals surface area contributed by atoms with Crippen LogP contribution in [0.5, 0.6) is 0 Å². The van der Waals surface area contributed by atoms with Crippen LogP contribution in [0.1, 0.15) is 6.92 Å². The fraction of sp³-hybridized carbons (Fsp3) is 0.300. The Kier molecular flexibility index (Phi) is 1.61. The Hall–Kier alpha value is -1.31. The monoisotopic (exact) mass is 161 g/mol. The van der Waals surface area contributed by atoms with Crippen LogP contribution in [-0.4, -0.2) is 11.9 Å². The maximum Gasteiger partial charge on any atom is 0.244 e. The van der Waals surface area contributed by atoms with E-state index >= 15 is 0 Å². The summed E-state index contributed by atoms with van der Waals surface area (Å²) in [4.78, 5) is 11.0. The molecule has 2 heteroatoms. The lowest BCUT2D eigenvalue weighted by Crippen LogP contribution is -2.42. The van der Waals surface area contributed by atoms with Crippen LogP contribution in [-0.2, 0) is 4.79 Å². The van der Waals surface area contributed by atoms with Gasteiger partial charge in [0.05, 0.1) is 6.04 Å². The molecule has 0 radical (unpaired) electrons. The number of carbonyl (C=O) groups excluding carboxylic acids is 1. The number of fused-ring (bicyclic) bond motifs is 1. The van der Waals surface area contributed by atoms with E-state index in [4.69, 9.17) is 0 Å². The lowest BCUT2D eigenvalue weighted by Gasteiger charge is -2.29. The molecule has 1 aliphatic carbocycles. The molecule has 0 aromatic heterocycles. The van der Waals surface area contributed by atoms with Crippen LogP contribution in [0.15, 0.2) is 36.0 Å². The third kappa shape index (κ3) is 1.09. The van der Waals surface area contributed by atoms with Crippen molar-refractivity contribution in [1.82, 2.24) is 5.32 Å². The summed E-state index contributed by atoms with van der Waals surface area (Å²) in [6.45, 7) is 2.04. The van der Waals surface area contributed by atoms with Crippen molar-refractivity contribution < 1.29 is 4.79 Å². The van der Waals surface area contributed by atoms with Crippen LogP contribution in [0.4, 0.5) is 0 Å². The van der Waals surface area contributed by atoms with Crippen molar-refractivity contribution in [3.63, 3.8) is 0 Å². The highest BCUT2D eigenvalue weighted by atomic mass is 16.1. The Balaban J connectivity index is 2.31. The molecule has 0 aromatic rings. The molecule has 0 aromatic carbocycles. The average molecular weight is 161 g/mol. The molecule has 62 valence electrons. The quantitative estimate of drug-likeness (QED) is 0.567. The normalized spacial score (nSPS) is 32.4. The largest absolute Gasteiger partial charge is 0.345 e. The van der Waals surface area contributed by atoms with E-state index in [1.807, 2.05) is 25.2 Å². The molecular formula is C10H11NO. The molecule has 0 saturated carbocycles. The smallest absolute Gasteiger partial charge is 0.244 e. The zero-order valence-electron chi connectivity index (χ0n) is 6.95. The first-order valence-corrected chi connectivity index (χ1v) is 4.11. The zero-order valence-corrected chi connectivity index (χ0v) is 6.95. The van der Waals surface area contributed by atoms with Gasteiger partial charge < -0.3 is 5.32 Å². The molecule has 1 heterocycles. The minimum atomic E-state index is 0.0132. The van der Waals surface area contributed by atoms with Gasteiger partial charge in [-0.15, -0.1) is 0 Å². The van der Waals surface area contributed by atoms with Gasteiger partial charge in [0.1, 0.15) is 0 Å². The summed E-state index contributed by atoms with van der Waals surface area (Å²) in [5.74, 6) is 0.368. The van der Waals surface area contributed by atoms with E-state index in [0.717, 1.165) is 0 Å². The minimum absolute atomic E-state index is 0.0132. The van der Waals surface area contributed by atoms with Crippen molar-refractivity contribution >= 4 is 5.91 Å². The topological polar surface area (TPSA) is 29.1 Å². The van der Waals surface area contributed by atoms with E-state index < -0.39 is 0 Å². The summed E-state index contributed by atoms with van der Waals surface area (Å²) in [5, 5.41) is 2.92. The van der Waals surface area contributed by atoms with Gasteiger partial charge in [0.15, 0.2) is 0 Å². The Morgan fingerprint density at radius 2 is 2.25 bits per heavy atom. The summed E-state index contributed by atoms with van der Waals surface area (Å²) < 4.78 is 0. The SMILES string of the molecule is CC1=CC=CC2C=CC(=O)NC12. The van der Waals surface area contributed by atoms with Gasteiger partial charge in [-0.2, -0.15) is 0 Å². The highest BCUT2D eigenvalue weighted by molar-refractivity contribution is 5.89. The van der Waals surface area contributed by atoms with Crippen LogP contribution >= 0.6 is 0 Å². The molecule has 2 rings (SSSR count). The highest BCUT2D eigenvalue weighted by Gasteiger charge is 2.24. The molecule has 12 heavy (non-hydrogen) atoms. The highest BCUT2D eigenvalue weighted by Crippen LogP contribution is 2.22. The molecule has 0 bridgehead atoms. The number of carbonyl (C=O) groups is 1. The summed E-state index contributed by atoms with van der Waals surface area (Å²) in [7, 11) is 0. The van der Waals surface area contributed by atoms with E-state index in [2.05, 4.69) is 11.4 Å². The molecule has 2 atom stereocenters. The zero-order chi connectivity index (χ0) is 8.55. The summed E-state index contributed by atoms with van der Waals surface area (Å²) in [6, 6.07) is 0.187. The van der Waals surface area contributed by atoms with E-state index in [1.54, 1.807) is 6.08 Å². The van der Waals surface area contributed by atoms with Crippen molar-refractivity contribution in [2.75, 3.05) is 0 Å². The van der Waals surface area contributed by atoms with Gasteiger partial charge in [0, 0.05) is 5.92 Å². The van der Waals surface area contributed by atoms with Gasteiger partial charge in [-0.25, -0.2) is 0 Å². The lowest BCUT2D eigenvalue weighted by atomic mass is 9.87. The molecule has 1 aliphatic heterocycles. The number of nitrogens with one attached hydrogen (secondary N) is 1. The summed E-state index contributed by atoms with van der Waals surface area (Å²) in [5.41, 5.74) is 1.22. The van der Waals surface area contributed by atoms with Crippen LogP contribution in [0.3, 0.4) is 0 Å². The fourth-order valence-electron chi connectivity index (χ4n) is 1.64. The molecule has 0 spiro atoms. The minimum Gasteiger partial charge on any atom is -0.345 e. The van der Waals surface area contributed by atoms with Crippen LogP contribution in [0.2, 0.25) is 0 Å². The van der Waals surface area contributed by atoms with Gasteiger partial charge in [-0.3, -0.25) is 4.79 Å². The van der Waals surface area contributed by atoms with Crippen LogP contribution in [0.25, 0.3) is 0 Å². The Bertz CT molecular complexity index is 299. The van der Waals surface area contributed by atoms with E-state index in [9.17, 15) is 4.79 Å². The number of allylic oxidation sites excluding steroid dienone is 2. The van der Waals surface area contributed by atoms with Gasteiger partial charge in [0.25, 0.3) is 0 Å².